The summed E-state index contributed by atoms with van der Waals surface area (Å²) in [7, 11) is 1.58. The quantitative estimate of drug-likeness (QED) is 0.828. The van der Waals surface area contributed by atoms with Gasteiger partial charge in [0, 0.05) is 13.1 Å². The molecule has 22 heavy (non-hydrogen) atoms. The summed E-state index contributed by atoms with van der Waals surface area (Å²) in [6.07, 6.45) is 4.15. The van der Waals surface area contributed by atoms with Crippen molar-refractivity contribution >= 4 is 5.91 Å². The van der Waals surface area contributed by atoms with Gasteiger partial charge in [0.05, 0.1) is 25.5 Å². The molecule has 1 aromatic carbocycles. The number of carbonyl (C=O) groups is 1. The highest BCUT2D eigenvalue weighted by Gasteiger charge is 2.28. The van der Waals surface area contributed by atoms with Gasteiger partial charge < -0.3 is 14.4 Å². The van der Waals surface area contributed by atoms with E-state index in [2.05, 4.69) is 10.2 Å². The molecule has 0 saturated carbocycles. The van der Waals surface area contributed by atoms with E-state index in [4.69, 9.17) is 9.47 Å². The van der Waals surface area contributed by atoms with Gasteiger partial charge in [-0.15, -0.1) is 0 Å². The number of likely N-dealkylation sites (tertiary alicyclic amines) is 1. The number of rotatable bonds is 5. The largest absolute Gasteiger partial charge is 0.493 e. The predicted octanol–water partition coefficient (Wildman–Crippen LogP) is 1.14. The summed E-state index contributed by atoms with van der Waals surface area (Å²) >= 11 is 0. The van der Waals surface area contributed by atoms with Crippen LogP contribution in [0.15, 0.2) is 36.7 Å². The van der Waals surface area contributed by atoms with Crippen LogP contribution >= 0.6 is 0 Å². The van der Waals surface area contributed by atoms with Crippen molar-refractivity contribution in [3.63, 3.8) is 0 Å². The van der Waals surface area contributed by atoms with Crippen molar-refractivity contribution in [2.45, 2.75) is 12.5 Å². The Hall–Kier alpha value is -2.57. The molecular weight excluding hydrogens is 284 g/mol. The fourth-order valence-electron chi connectivity index (χ4n) is 2.54. The van der Waals surface area contributed by atoms with Crippen molar-refractivity contribution < 1.29 is 14.3 Å². The van der Waals surface area contributed by atoms with E-state index in [1.54, 1.807) is 41.3 Å². The fourth-order valence-corrected chi connectivity index (χ4v) is 2.54. The molecule has 1 amide bonds. The van der Waals surface area contributed by atoms with E-state index in [0.29, 0.717) is 24.6 Å². The lowest BCUT2D eigenvalue weighted by molar-refractivity contribution is -0.132. The first-order chi connectivity index (χ1) is 10.8. The van der Waals surface area contributed by atoms with Crippen molar-refractivity contribution in [2.24, 2.45) is 0 Å². The smallest absolute Gasteiger partial charge is 0.260 e. The number of ether oxygens (including phenoxy) is 2. The van der Waals surface area contributed by atoms with Gasteiger partial charge in [-0.2, -0.15) is 15.0 Å². The Kier molecular flexibility index (Phi) is 4.22. The summed E-state index contributed by atoms with van der Waals surface area (Å²) in [5, 5.41) is 8.26. The first kappa shape index (κ1) is 14.4. The molecule has 3 rings (SSSR count). The molecular formula is C15H18N4O3. The monoisotopic (exact) mass is 302 g/mol. The average Bonchev–Trinajstić information content (AvgIpc) is 3.23. The molecule has 0 radical (unpaired) electrons. The molecule has 0 unspecified atom stereocenters. The molecule has 1 fully saturated rings. The van der Waals surface area contributed by atoms with E-state index >= 15 is 0 Å². The van der Waals surface area contributed by atoms with Gasteiger partial charge in [0.25, 0.3) is 5.91 Å². The maximum Gasteiger partial charge on any atom is 0.260 e. The van der Waals surface area contributed by atoms with E-state index < -0.39 is 0 Å². The van der Waals surface area contributed by atoms with Crippen molar-refractivity contribution in [3.05, 3.63) is 36.7 Å². The van der Waals surface area contributed by atoms with Crippen LogP contribution in [0.5, 0.6) is 11.5 Å². The molecule has 1 atom stereocenters. The van der Waals surface area contributed by atoms with Crippen LogP contribution in [0, 0.1) is 0 Å². The summed E-state index contributed by atoms with van der Waals surface area (Å²) in [5.74, 6) is 1.15. The molecule has 7 heteroatoms. The predicted molar refractivity (Wildman–Crippen MR) is 78.7 cm³/mol. The third-order valence-corrected chi connectivity index (χ3v) is 3.70. The van der Waals surface area contributed by atoms with Crippen molar-refractivity contribution in [1.29, 1.82) is 0 Å². The molecule has 7 nitrogen and oxygen atoms in total. The number of hydrogen-bond acceptors (Lipinski definition) is 5. The van der Waals surface area contributed by atoms with Gasteiger partial charge in [-0.3, -0.25) is 4.79 Å². The van der Waals surface area contributed by atoms with Crippen LogP contribution in [0.4, 0.5) is 0 Å². The van der Waals surface area contributed by atoms with Crippen LogP contribution in [0.3, 0.4) is 0 Å². The van der Waals surface area contributed by atoms with Crippen LogP contribution in [0.25, 0.3) is 0 Å². The zero-order valence-electron chi connectivity index (χ0n) is 12.4. The van der Waals surface area contributed by atoms with Gasteiger partial charge in [-0.1, -0.05) is 12.1 Å². The molecule has 0 bridgehead atoms. The summed E-state index contributed by atoms with van der Waals surface area (Å²) in [6, 6.07) is 7.43. The minimum Gasteiger partial charge on any atom is -0.493 e. The van der Waals surface area contributed by atoms with Gasteiger partial charge in [0.2, 0.25) is 0 Å². The van der Waals surface area contributed by atoms with Gasteiger partial charge in [0.1, 0.15) is 0 Å². The maximum absolute atomic E-state index is 12.2. The zero-order valence-corrected chi connectivity index (χ0v) is 12.4. The number of nitrogens with zero attached hydrogens (tertiary/aromatic N) is 4. The SMILES string of the molecule is COc1ccccc1OCC(=O)N1CC[C@H](n2nccn2)C1. The molecule has 1 aliphatic heterocycles. The highest BCUT2D eigenvalue weighted by Crippen LogP contribution is 2.26. The Morgan fingerprint density at radius 1 is 1.27 bits per heavy atom. The van der Waals surface area contributed by atoms with E-state index in [-0.39, 0.29) is 18.6 Å². The van der Waals surface area contributed by atoms with E-state index in [1.807, 2.05) is 12.1 Å². The highest BCUT2D eigenvalue weighted by molar-refractivity contribution is 5.78. The van der Waals surface area contributed by atoms with E-state index in [9.17, 15) is 4.79 Å². The number of carbonyl (C=O) groups excluding carboxylic acids is 1. The third-order valence-electron chi connectivity index (χ3n) is 3.70. The standard InChI is InChI=1S/C15H18N4O3/c1-21-13-4-2-3-5-14(13)22-11-15(20)18-9-6-12(10-18)19-16-7-8-17-19/h2-5,7-8,12H,6,9-11H2,1H3/t12-/m0/s1. The lowest BCUT2D eigenvalue weighted by Gasteiger charge is -2.17. The van der Waals surface area contributed by atoms with Gasteiger partial charge in [-0.05, 0) is 18.6 Å². The molecule has 1 aliphatic rings. The number of hydrogen-bond donors (Lipinski definition) is 0. The van der Waals surface area contributed by atoms with E-state index in [1.165, 1.54) is 0 Å². The Morgan fingerprint density at radius 2 is 2.00 bits per heavy atom. The summed E-state index contributed by atoms with van der Waals surface area (Å²) < 4.78 is 10.8. The maximum atomic E-state index is 12.2. The van der Waals surface area contributed by atoms with Gasteiger partial charge >= 0.3 is 0 Å². The number of benzene rings is 1. The van der Waals surface area contributed by atoms with Crippen LogP contribution < -0.4 is 9.47 Å². The molecule has 0 N–H and O–H groups in total. The molecule has 1 aromatic heterocycles. The number of para-hydroxylation sites is 2. The Balaban J connectivity index is 1.55. The topological polar surface area (TPSA) is 69.5 Å². The van der Waals surface area contributed by atoms with Crippen molar-refractivity contribution in [2.75, 3.05) is 26.8 Å². The van der Waals surface area contributed by atoms with E-state index in [0.717, 1.165) is 6.42 Å². The summed E-state index contributed by atoms with van der Waals surface area (Å²) in [4.78, 5) is 15.7. The summed E-state index contributed by atoms with van der Waals surface area (Å²) in [5.41, 5.74) is 0. The lowest BCUT2D eigenvalue weighted by atomic mass is 10.3. The Labute approximate surface area is 128 Å². The summed E-state index contributed by atoms with van der Waals surface area (Å²) in [6.45, 7) is 1.31. The van der Waals surface area contributed by atoms with Gasteiger partial charge in [-0.25, -0.2) is 0 Å². The van der Waals surface area contributed by atoms with Crippen LogP contribution in [0.2, 0.25) is 0 Å². The Morgan fingerprint density at radius 3 is 2.73 bits per heavy atom. The van der Waals surface area contributed by atoms with Crippen molar-refractivity contribution in [3.8, 4) is 11.5 Å². The van der Waals surface area contributed by atoms with Crippen LogP contribution in [0.1, 0.15) is 12.5 Å². The second-order valence-electron chi connectivity index (χ2n) is 5.07. The molecule has 1 saturated heterocycles. The molecule has 0 aliphatic carbocycles. The molecule has 116 valence electrons. The second-order valence-corrected chi connectivity index (χ2v) is 5.07. The van der Waals surface area contributed by atoms with Gasteiger partial charge in [0.15, 0.2) is 18.1 Å². The third kappa shape index (κ3) is 3.03. The fraction of sp³-hybridized carbons (Fsp3) is 0.400. The first-order valence-corrected chi connectivity index (χ1v) is 7.17. The van der Waals surface area contributed by atoms with Crippen LogP contribution in [-0.4, -0.2) is 52.6 Å². The minimum atomic E-state index is -0.0411. The lowest BCUT2D eigenvalue weighted by Crippen LogP contribution is -2.33. The Bertz CT molecular complexity index is 629. The number of aromatic nitrogens is 3. The molecule has 0 spiro atoms. The van der Waals surface area contributed by atoms with Crippen LogP contribution in [-0.2, 0) is 4.79 Å². The first-order valence-electron chi connectivity index (χ1n) is 7.17. The number of amides is 1. The zero-order chi connectivity index (χ0) is 15.4. The molecule has 2 aromatic rings. The highest BCUT2D eigenvalue weighted by atomic mass is 16.5. The minimum absolute atomic E-state index is 0.000368. The van der Waals surface area contributed by atoms with Crippen molar-refractivity contribution in [1.82, 2.24) is 19.9 Å². The average molecular weight is 302 g/mol. The normalized spacial score (nSPS) is 17.5. The second kappa shape index (κ2) is 6.46. The molecule has 2 heterocycles. The number of methoxy groups -OCH3 is 1.